The van der Waals surface area contributed by atoms with Crippen molar-refractivity contribution in [1.82, 2.24) is 15.1 Å². The Morgan fingerprint density at radius 1 is 1.15 bits per heavy atom. The van der Waals surface area contributed by atoms with E-state index in [1.165, 1.54) is 32.4 Å². The topological polar surface area (TPSA) is 52.6 Å². The number of likely N-dealkylation sites (tertiary alicyclic amines) is 2. The fraction of sp³-hybridized carbons (Fsp3) is 0.619. The average Bonchev–Trinajstić information content (AvgIpc) is 2.68. The van der Waals surface area contributed by atoms with Crippen LogP contribution in [0.2, 0.25) is 0 Å². The highest BCUT2D eigenvalue weighted by Gasteiger charge is 2.26. The Morgan fingerprint density at radius 3 is 2.63 bits per heavy atom. The summed E-state index contributed by atoms with van der Waals surface area (Å²) in [6.07, 6.45) is 4.84. The molecule has 2 saturated heterocycles. The van der Waals surface area contributed by atoms with Gasteiger partial charge in [-0.2, -0.15) is 0 Å². The van der Waals surface area contributed by atoms with E-state index in [1.54, 1.807) is 6.07 Å². The first-order valence-electron chi connectivity index (χ1n) is 10.1. The van der Waals surface area contributed by atoms with Crippen molar-refractivity contribution in [2.24, 2.45) is 11.8 Å². The number of hydrogen-bond acceptors (Lipinski definition) is 3. The maximum Gasteiger partial charge on any atom is 0.252 e. The van der Waals surface area contributed by atoms with E-state index in [4.69, 9.17) is 0 Å². The molecule has 1 unspecified atom stereocenters. The number of hydrogen-bond donors (Lipinski definition) is 1. The van der Waals surface area contributed by atoms with Crippen LogP contribution in [0.15, 0.2) is 24.3 Å². The lowest BCUT2D eigenvalue weighted by Crippen LogP contribution is -2.48. The van der Waals surface area contributed by atoms with Crippen molar-refractivity contribution in [2.45, 2.75) is 32.6 Å². The van der Waals surface area contributed by atoms with Crippen molar-refractivity contribution in [1.29, 1.82) is 0 Å². The fourth-order valence-electron chi connectivity index (χ4n) is 4.06. The minimum absolute atomic E-state index is 0.0336. The molecule has 2 amide bonds. The van der Waals surface area contributed by atoms with Crippen LogP contribution in [0.4, 0.5) is 0 Å². The number of carbonyl (C=O) groups excluding carboxylic acids is 2. The molecule has 1 N–H and O–H groups in total. The third-order valence-electron chi connectivity index (χ3n) is 5.78. The maximum absolute atomic E-state index is 12.6. The largest absolute Gasteiger partial charge is 0.343 e. The second kappa shape index (κ2) is 9.87. The lowest BCUT2D eigenvalue weighted by Gasteiger charge is -2.37. The zero-order valence-electron chi connectivity index (χ0n) is 16.1. The van der Waals surface area contributed by atoms with E-state index in [2.05, 4.69) is 39.7 Å². The molecule has 0 aromatic heterocycles. The van der Waals surface area contributed by atoms with Gasteiger partial charge >= 0.3 is 0 Å². The van der Waals surface area contributed by atoms with Crippen LogP contribution in [0.25, 0.3) is 0 Å². The van der Waals surface area contributed by atoms with Gasteiger partial charge in [0.2, 0.25) is 5.91 Å². The average molecular weight is 483 g/mol. The van der Waals surface area contributed by atoms with E-state index in [9.17, 15) is 9.59 Å². The van der Waals surface area contributed by atoms with Crippen molar-refractivity contribution >= 4 is 34.4 Å². The highest BCUT2D eigenvalue weighted by Crippen LogP contribution is 2.22. The van der Waals surface area contributed by atoms with Crippen LogP contribution in [-0.2, 0) is 4.79 Å². The van der Waals surface area contributed by atoms with Gasteiger partial charge in [0.1, 0.15) is 0 Å². The molecule has 27 heavy (non-hydrogen) atoms. The van der Waals surface area contributed by atoms with Crippen molar-refractivity contribution in [3.05, 3.63) is 33.4 Å². The Kier molecular flexibility index (Phi) is 7.52. The summed E-state index contributed by atoms with van der Waals surface area (Å²) in [5.74, 6) is 1.26. The molecular formula is C21H30IN3O2. The van der Waals surface area contributed by atoms with Gasteiger partial charge in [0, 0.05) is 23.2 Å². The molecule has 1 aromatic carbocycles. The molecule has 0 spiro atoms. The molecule has 2 aliphatic heterocycles. The number of carbonyl (C=O) groups is 2. The predicted octanol–water partition coefficient (Wildman–Crippen LogP) is 2.99. The van der Waals surface area contributed by atoms with Crippen LogP contribution in [0.3, 0.4) is 0 Å². The van der Waals surface area contributed by atoms with E-state index in [-0.39, 0.29) is 18.4 Å². The summed E-state index contributed by atoms with van der Waals surface area (Å²) in [5.41, 5.74) is 0.627. The van der Waals surface area contributed by atoms with Crippen LogP contribution in [-0.4, -0.2) is 60.9 Å². The number of benzene rings is 1. The predicted molar refractivity (Wildman–Crippen MR) is 116 cm³/mol. The molecule has 2 aliphatic rings. The van der Waals surface area contributed by atoms with Crippen LogP contribution >= 0.6 is 22.6 Å². The van der Waals surface area contributed by atoms with Crippen LogP contribution in [0, 0.1) is 15.4 Å². The number of rotatable bonds is 5. The summed E-state index contributed by atoms with van der Waals surface area (Å²) in [4.78, 5) is 29.4. The van der Waals surface area contributed by atoms with E-state index in [1.807, 2.05) is 23.1 Å². The van der Waals surface area contributed by atoms with Crippen LogP contribution in [0.1, 0.15) is 43.0 Å². The standard InChI is InChI=1S/C21H30IN3O2/c1-16-8-11-24(12-9-16)14-17-5-4-10-25(15-17)20(26)13-23-21(27)18-6-2-3-7-19(18)22/h2-3,6-7,16-17H,4-5,8-15H2,1H3,(H,23,27). The van der Waals surface area contributed by atoms with Gasteiger partial charge < -0.3 is 15.1 Å². The van der Waals surface area contributed by atoms with Gasteiger partial charge in [-0.25, -0.2) is 0 Å². The first-order valence-corrected chi connectivity index (χ1v) is 11.1. The van der Waals surface area contributed by atoms with Gasteiger partial charge in [-0.15, -0.1) is 0 Å². The molecule has 148 valence electrons. The van der Waals surface area contributed by atoms with Gasteiger partial charge in [-0.3, -0.25) is 9.59 Å². The molecule has 2 fully saturated rings. The van der Waals surface area contributed by atoms with Gasteiger partial charge in [0.05, 0.1) is 12.1 Å². The van der Waals surface area contributed by atoms with Crippen LogP contribution < -0.4 is 5.32 Å². The normalized spacial score (nSPS) is 21.9. The summed E-state index contributed by atoms with van der Waals surface area (Å²) < 4.78 is 0.897. The summed E-state index contributed by atoms with van der Waals surface area (Å²) in [6.45, 7) is 7.54. The molecule has 0 radical (unpaired) electrons. The summed E-state index contributed by atoms with van der Waals surface area (Å²) in [5, 5.41) is 2.79. The molecular weight excluding hydrogens is 453 g/mol. The molecule has 6 heteroatoms. The van der Waals surface area contributed by atoms with Crippen molar-refractivity contribution in [2.75, 3.05) is 39.3 Å². The molecule has 0 saturated carbocycles. The van der Waals surface area contributed by atoms with Gasteiger partial charge in [0.15, 0.2) is 0 Å². The Labute approximate surface area is 176 Å². The third kappa shape index (κ3) is 5.91. The molecule has 0 bridgehead atoms. The minimum Gasteiger partial charge on any atom is -0.343 e. The van der Waals surface area contributed by atoms with E-state index >= 15 is 0 Å². The van der Waals surface area contributed by atoms with Crippen molar-refractivity contribution < 1.29 is 9.59 Å². The second-order valence-electron chi connectivity index (χ2n) is 7.99. The molecule has 1 atom stereocenters. The Bertz CT molecular complexity index is 659. The SMILES string of the molecule is CC1CCN(CC2CCCN(C(=O)CNC(=O)c3ccccc3I)C2)CC1. The lowest BCUT2D eigenvalue weighted by atomic mass is 9.94. The maximum atomic E-state index is 12.6. The van der Waals surface area contributed by atoms with Gasteiger partial charge in [-0.1, -0.05) is 19.1 Å². The fourth-order valence-corrected chi connectivity index (χ4v) is 4.69. The van der Waals surface area contributed by atoms with Crippen LogP contribution in [0.5, 0.6) is 0 Å². The molecule has 2 heterocycles. The Hall–Kier alpha value is -1.15. The smallest absolute Gasteiger partial charge is 0.252 e. The Morgan fingerprint density at radius 2 is 1.89 bits per heavy atom. The number of nitrogens with one attached hydrogen (secondary N) is 1. The van der Waals surface area contributed by atoms with E-state index in [0.29, 0.717) is 11.5 Å². The molecule has 1 aromatic rings. The monoisotopic (exact) mass is 483 g/mol. The summed E-state index contributed by atoms with van der Waals surface area (Å²) in [7, 11) is 0. The van der Waals surface area contributed by atoms with Crippen molar-refractivity contribution in [3.63, 3.8) is 0 Å². The van der Waals surface area contributed by atoms with Gasteiger partial charge in [0.25, 0.3) is 5.91 Å². The number of amides is 2. The van der Waals surface area contributed by atoms with E-state index in [0.717, 1.165) is 35.5 Å². The summed E-state index contributed by atoms with van der Waals surface area (Å²) in [6, 6.07) is 7.43. The zero-order valence-corrected chi connectivity index (χ0v) is 18.3. The minimum atomic E-state index is -0.177. The first kappa shape index (κ1) is 20.6. The third-order valence-corrected chi connectivity index (χ3v) is 6.72. The number of nitrogens with zero attached hydrogens (tertiary/aromatic N) is 2. The van der Waals surface area contributed by atoms with Crippen molar-refractivity contribution in [3.8, 4) is 0 Å². The van der Waals surface area contributed by atoms with Gasteiger partial charge in [-0.05, 0) is 85.3 Å². The lowest BCUT2D eigenvalue weighted by molar-refractivity contribution is -0.132. The highest BCUT2D eigenvalue weighted by molar-refractivity contribution is 14.1. The first-order chi connectivity index (χ1) is 13.0. The molecule has 5 nitrogen and oxygen atoms in total. The number of piperidine rings is 2. The summed E-state index contributed by atoms with van der Waals surface area (Å²) >= 11 is 2.14. The molecule has 3 rings (SSSR count). The Balaban J connectivity index is 1.45. The van der Waals surface area contributed by atoms with E-state index < -0.39 is 0 Å². The quantitative estimate of drug-likeness (QED) is 0.656. The molecule has 0 aliphatic carbocycles. The second-order valence-corrected chi connectivity index (χ2v) is 9.16. The number of halogens is 1. The zero-order chi connectivity index (χ0) is 19.2. The highest BCUT2D eigenvalue weighted by atomic mass is 127.